The first-order valence-corrected chi connectivity index (χ1v) is 6.75. The molecule has 1 amide bonds. The molecule has 0 radical (unpaired) electrons. The van der Waals surface area contributed by atoms with Crippen LogP contribution < -0.4 is 10.9 Å². The third-order valence-electron chi connectivity index (χ3n) is 3.53. The van der Waals surface area contributed by atoms with Crippen LogP contribution in [-0.4, -0.2) is 38.0 Å². The van der Waals surface area contributed by atoms with E-state index in [-0.39, 0.29) is 5.84 Å². The number of aliphatic carboxylic acids is 1. The summed E-state index contributed by atoms with van der Waals surface area (Å²) in [6.07, 6.45) is 3.10. The Bertz CT molecular complexity index is 834. The van der Waals surface area contributed by atoms with Gasteiger partial charge in [0.25, 0.3) is 11.5 Å². The predicted molar refractivity (Wildman–Crippen MR) is 72.0 cm³/mol. The Morgan fingerprint density at radius 3 is 2.77 bits per heavy atom. The van der Waals surface area contributed by atoms with Crippen molar-refractivity contribution in [2.24, 2.45) is 0 Å². The van der Waals surface area contributed by atoms with Crippen molar-refractivity contribution in [3.05, 3.63) is 27.4 Å². The summed E-state index contributed by atoms with van der Waals surface area (Å²) in [5, 5.41) is 20.4. The molecule has 0 saturated carbocycles. The summed E-state index contributed by atoms with van der Waals surface area (Å²) in [4.78, 5) is 38.6. The second kappa shape index (κ2) is 5.17. The Hall–Kier alpha value is -2.84. The number of carbonyl (C=O) groups is 2. The van der Waals surface area contributed by atoms with E-state index in [0.717, 1.165) is 12.8 Å². The van der Waals surface area contributed by atoms with Gasteiger partial charge < -0.3 is 19.9 Å². The lowest BCUT2D eigenvalue weighted by atomic mass is 10.0. The minimum Gasteiger partial charge on any atom is -0.492 e. The fourth-order valence-electron chi connectivity index (χ4n) is 2.56. The fourth-order valence-corrected chi connectivity index (χ4v) is 2.56. The van der Waals surface area contributed by atoms with E-state index in [2.05, 4.69) is 4.98 Å². The number of carbonyl (C=O) groups excluding carboxylic acids is 1. The molecule has 22 heavy (non-hydrogen) atoms. The summed E-state index contributed by atoms with van der Waals surface area (Å²) < 4.78 is 6.62. The number of rotatable bonds is 3. The van der Waals surface area contributed by atoms with Crippen molar-refractivity contribution in [2.45, 2.75) is 25.7 Å². The van der Waals surface area contributed by atoms with E-state index < -0.39 is 35.4 Å². The smallest absolute Gasteiger partial charge is 0.322 e. The lowest BCUT2D eigenvalue weighted by molar-refractivity contribution is -0.135. The largest absolute Gasteiger partial charge is 0.492 e. The summed E-state index contributed by atoms with van der Waals surface area (Å²) in [5.74, 6) is -2.47. The van der Waals surface area contributed by atoms with Crippen molar-refractivity contribution >= 4 is 17.7 Å². The summed E-state index contributed by atoms with van der Waals surface area (Å²) in [6.45, 7) is -0.663. The van der Waals surface area contributed by atoms with Gasteiger partial charge in [-0.3, -0.25) is 14.4 Å². The summed E-state index contributed by atoms with van der Waals surface area (Å²) in [5.41, 5.74) is -0.712. The second-order valence-corrected chi connectivity index (χ2v) is 4.99. The highest BCUT2D eigenvalue weighted by atomic mass is 16.4. The molecule has 9 nitrogen and oxygen atoms in total. The van der Waals surface area contributed by atoms with Gasteiger partial charge in [0.05, 0.1) is 5.69 Å². The van der Waals surface area contributed by atoms with Crippen LogP contribution in [0.25, 0.3) is 5.84 Å². The molecule has 0 bridgehead atoms. The Kier molecular flexibility index (Phi) is 3.32. The monoisotopic (exact) mass is 307 g/mol. The van der Waals surface area contributed by atoms with Gasteiger partial charge in [-0.2, -0.15) is 4.98 Å². The average molecular weight is 307 g/mol. The van der Waals surface area contributed by atoms with E-state index in [1.54, 1.807) is 0 Å². The quantitative estimate of drug-likeness (QED) is 0.707. The van der Waals surface area contributed by atoms with Crippen LogP contribution in [0.4, 0.5) is 0 Å². The molecule has 9 heteroatoms. The minimum absolute atomic E-state index is 0.0656. The maximum Gasteiger partial charge on any atom is 0.322 e. The van der Waals surface area contributed by atoms with Crippen molar-refractivity contribution in [1.82, 2.24) is 14.7 Å². The van der Waals surface area contributed by atoms with Crippen LogP contribution in [0.1, 0.15) is 34.7 Å². The van der Waals surface area contributed by atoms with Crippen LogP contribution >= 0.6 is 0 Å². The van der Waals surface area contributed by atoms with Gasteiger partial charge >= 0.3 is 11.8 Å². The molecule has 3 N–H and O–H groups in total. The highest BCUT2D eigenvalue weighted by Gasteiger charge is 2.26. The van der Waals surface area contributed by atoms with Crippen molar-refractivity contribution in [3.63, 3.8) is 0 Å². The number of aryl methyl sites for hydroxylation is 2. The van der Waals surface area contributed by atoms with Crippen LogP contribution in [0.5, 0.6) is 5.88 Å². The maximum atomic E-state index is 12.5. The van der Waals surface area contributed by atoms with Crippen molar-refractivity contribution in [3.8, 4) is 5.88 Å². The molecule has 0 spiro atoms. The van der Waals surface area contributed by atoms with E-state index in [9.17, 15) is 19.5 Å². The lowest BCUT2D eigenvalue weighted by Gasteiger charge is -2.09. The molecule has 2 heterocycles. The van der Waals surface area contributed by atoms with Gasteiger partial charge in [0.2, 0.25) is 5.88 Å². The zero-order chi connectivity index (χ0) is 15.9. The zero-order valence-corrected chi connectivity index (χ0v) is 11.5. The first-order valence-electron chi connectivity index (χ1n) is 6.75. The molecule has 0 saturated heterocycles. The Balaban J connectivity index is 2.13. The molecule has 116 valence electrons. The molecular weight excluding hydrogens is 294 g/mol. The number of hydrogen-bond acceptors (Lipinski definition) is 6. The Morgan fingerprint density at radius 1 is 1.32 bits per heavy atom. The van der Waals surface area contributed by atoms with Crippen LogP contribution in [0, 0.1) is 0 Å². The molecule has 2 aromatic rings. The van der Waals surface area contributed by atoms with Crippen molar-refractivity contribution in [2.75, 3.05) is 6.54 Å². The molecule has 3 rings (SSSR count). The van der Waals surface area contributed by atoms with Crippen molar-refractivity contribution in [1.29, 1.82) is 0 Å². The summed E-state index contributed by atoms with van der Waals surface area (Å²) in [7, 11) is 0. The van der Waals surface area contributed by atoms with Crippen LogP contribution in [0.2, 0.25) is 0 Å². The highest BCUT2D eigenvalue weighted by molar-refractivity contribution is 5.97. The highest BCUT2D eigenvalue weighted by Crippen LogP contribution is 2.24. The summed E-state index contributed by atoms with van der Waals surface area (Å²) >= 11 is 0. The number of nitrogens with one attached hydrogen (secondary N) is 1. The standard InChI is InChI=1S/C13H13N3O6/c17-8(18)5-14-10(19)9-11(20)15-13-16(12(9)21)6-3-1-2-4-7(6)22-13/h20H,1-5H2,(H,14,19)(H,17,18). The van der Waals surface area contributed by atoms with E-state index in [1.165, 1.54) is 4.40 Å². The van der Waals surface area contributed by atoms with Gasteiger partial charge in [0.15, 0.2) is 5.56 Å². The van der Waals surface area contributed by atoms with Gasteiger partial charge in [0, 0.05) is 6.42 Å². The number of amides is 1. The van der Waals surface area contributed by atoms with Gasteiger partial charge in [-0.25, -0.2) is 4.40 Å². The third-order valence-corrected chi connectivity index (χ3v) is 3.53. The molecule has 1 aliphatic carbocycles. The van der Waals surface area contributed by atoms with Gasteiger partial charge in [-0.15, -0.1) is 0 Å². The number of fused-ring (bicyclic) bond motifs is 3. The topological polar surface area (TPSA) is 134 Å². The van der Waals surface area contributed by atoms with E-state index >= 15 is 0 Å². The number of aromatic hydroxyl groups is 1. The van der Waals surface area contributed by atoms with E-state index in [4.69, 9.17) is 9.52 Å². The van der Waals surface area contributed by atoms with Crippen LogP contribution in [0.3, 0.4) is 0 Å². The molecule has 0 unspecified atom stereocenters. The second-order valence-electron chi connectivity index (χ2n) is 4.99. The van der Waals surface area contributed by atoms with E-state index in [1.807, 2.05) is 5.32 Å². The zero-order valence-electron chi connectivity index (χ0n) is 11.5. The number of oxazole rings is 1. The fraction of sp³-hybridized carbons (Fsp3) is 0.385. The molecule has 0 aromatic carbocycles. The first-order chi connectivity index (χ1) is 10.5. The minimum atomic E-state index is -1.26. The number of carboxylic acids is 1. The van der Waals surface area contributed by atoms with Crippen LogP contribution in [0.15, 0.2) is 9.21 Å². The molecule has 0 aliphatic heterocycles. The van der Waals surface area contributed by atoms with Crippen molar-refractivity contribution < 1.29 is 24.2 Å². The Morgan fingerprint density at radius 2 is 2.05 bits per heavy atom. The average Bonchev–Trinajstić information content (AvgIpc) is 2.83. The maximum absolute atomic E-state index is 12.5. The van der Waals surface area contributed by atoms with Gasteiger partial charge in [-0.05, 0) is 19.3 Å². The normalized spacial score (nSPS) is 13.8. The van der Waals surface area contributed by atoms with E-state index in [0.29, 0.717) is 24.3 Å². The number of aromatic nitrogens is 2. The molecule has 2 aromatic heterocycles. The molecule has 0 fully saturated rings. The SMILES string of the molecule is O=C(O)CNC(=O)c1c(O)nc2oc3c(n2c1=O)CCCC3. The molecule has 1 aliphatic rings. The van der Waals surface area contributed by atoms with Crippen LogP contribution in [-0.2, 0) is 17.6 Å². The summed E-state index contributed by atoms with van der Waals surface area (Å²) in [6, 6.07) is 0. The Labute approximate surface area is 123 Å². The predicted octanol–water partition coefficient (Wildman–Crippen LogP) is -0.314. The lowest BCUT2D eigenvalue weighted by Crippen LogP contribution is -2.35. The van der Waals surface area contributed by atoms with Gasteiger partial charge in [-0.1, -0.05) is 0 Å². The molecule has 0 atom stereocenters. The van der Waals surface area contributed by atoms with Gasteiger partial charge in [0.1, 0.15) is 12.3 Å². The first kappa shape index (κ1) is 14.1. The third kappa shape index (κ3) is 2.20. The number of hydrogen-bond donors (Lipinski definition) is 3. The molecular formula is C13H13N3O6. The number of nitrogens with zero attached hydrogens (tertiary/aromatic N) is 2. The number of carboxylic acid groups (broad SMARTS) is 1.